The normalized spacial score (nSPS) is 13.2. The molecule has 55 heavy (non-hydrogen) atoms. The van der Waals surface area contributed by atoms with E-state index < -0.39 is 96.4 Å². The van der Waals surface area contributed by atoms with Crippen LogP contribution in [0.15, 0.2) is 136 Å². The molecule has 5 rings (SSSR count). The van der Waals surface area contributed by atoms with E-state index in [2.05, 4.69) is 36.0 Å². The first-order chi connectivity index (χ1) is 25.7. The fourth-order valence-corrected chi connectivity index (χ4v) is 6.57. The van der Waals surface area contributed by atoms with Gasteiger partial charge in [0, 0.05) is 5.69 Å². The Morgan fingerprint density at radius 1 is 0.655 bits per heavy atom. The molecular formula is C32H26N8O12S3. The second-order valence-corrected chi connectivity index (χ2v) is 15.4. The minimum absolute atomic E-state index is 0.0603. The van der Waals surface area contributed by atoms with Crippen molar-refractivity contribution in [3.63, 3.8) is 0 Å². The summed E-state index contributed by atoms with van der Waals surface area (Å²) in [4.78, 5) is 22.2. The number of ketones is 1. The molecule has 284 valence electrons. The molecular weight excluding hydrogens is 785 g/mol. The number of hydrogen-bond donors (Lipinski definition) is 6. The molecule has 0 aliphatic rings. The third kappa shape index (κ3) is 9.42. The van der Waals surface area contributed by atoms with Crippen LogP contribution in [0.1, 0.15) is 6.92 Å². The second-order valence-electron chi connectivity index (χ2n) is 11.2. The van der Waals surface area contributed by atoms with Gasteiger partial charge < -0.3 is 16.2 Å². The Morgan fingerprint density at radius 3 is 1.62 bits per heavy atom. The highest BCUT2D eigenvalue weighted by atomic mass is 32.2. The lowest BCUT2D eigenvalue weighted by Crippen LogP contribution is -2.31. The maximum Gasteiger partial charge on any atom is 0.296 e. The van der Waals surface area contributed by atoms with Crippen LogP contribution in [0.4, 0.5) is 39.8 Å². The molecule has 0 aliphatic carbocycles. The topological polar surface area (TPSA) is 330 Å². The van der Waals surface area contributed by atoms with E-state index in [-0.39, 0.29) is 17.1 Å². The van der Waals surface area contributed by atoms with Crippen molar-refractivity contribution in [1.82, 2.24) is 0 Å². The van der Waals surface area contributed by atoms with E-state index in [1.165, 1.54) is 31.2 Å². The molecule has 0 spiro atoms. The number of carbonyl (C=O) groups excluding carboxylic acids is 2. The number of fused-ring (bicyclic) bond motifs is 1. The summed E-state index contributed by atoms with van der Waals surface area (Å²) in [5.41, 5.74) is 4.58. The van der Waals surface area contributed by atoms with Gasteiger partial charge in [0.15, 0.2) is 11.5 Å². The van der Waals surface area contributed by atoms with Gasteiger partial charge >= 0.3 is 0 Å². The number of Topliss-reactive ketones (excluding diaryl/α,β-unsaturated/α-hetero) is 1. The molecule has 1 atom stereocenters. The Labute approximate surface area is 311 Å². The predicted octanol–water partition coefficient (Wildman–Crippen LogP) is 6.38. The number of azo groups is 3. The van der Waals surface area contributed by atoms with Crippen LogP contribution in [-0.2, 0) is 39.9 Å². The second kappa shape index (κ2) is 15.5. The lowest BCUT2D eigenvalue weighted by Gasteiger charge is -2.14. The molecule has 5 aromatic rings. The van der Waals surface area contributed by atoms with Gasteiger partial charge in [-0.3, -0.25) is 23.2 Å². The van der Waals surface area contributed by atoms with Crippen LogP contribution < -0.4 is 11.1 Å². The summed E-state index contributed by atoms with van der Waals surface area (Å²) >= 11 is 0. The number of nitrogens with zero attached hydrogens (tertiary/aromatic N) is 6. The number of nitrogens with two attached hydrogens (primary N) is 1. The molecule has 23 heteroatoms. The van der Waals surface area contributed by atoms with Gasteiger partial charge in [0.05, 0.1) is 33.0 Å². The van der Waals surface area contributed by atoms with Gasteiger partial charge in [-0.25, -0.2) is 0 Å². The van der Waals surface area contributed by atoms with E-state index in [4.69, 9.17) is 10.3 Å². The minimum atomic E-state index is -5.20. The maximum atomic E-state index is 12.6. The molecule has 0 saturated heterocycles. The number of hydrogen-bond acceptors (Lipinski definition) is 16. The van der Waals surface area contributed by atoms with Crippen molar-refractivity contribution in [2.75, 3.05) is 11.1 Å². The monoisotopic (exact) mass is 810 g/mol. The highest BCUT2D eigenvalue weighted by molar-refractivity contribution is 7.86. The van der Waals surface area contributed by atoms with Gasteiger partial charge in [-0.05, 0) is 85.1 Å². The fourth-order valence-electron chi connectivity index (χ4n) is 4.77. The molecule has 0 fully saturated rings. The first kappa shape index (κ1) is 39.8. The maximum absolute atomic E-state index is 12.6. The zero-order valence-electron chi connectivity index (χ0n) is 27.8. The molecule has 0 radical (unpaired) electrons. The number of nitrogen functional groups attached to an aromatic ring is 1. The Morgan fingerprint density at radius 2 is 1.13 bits per heavy atom. The smallest absolute Gasteiger partial charge is 0.296 e. The number of carbonyl (C=O) groups is 2. The van der Waals surface area contributed by atoms with E-state index >= 15 is 0 Å². The summed E-state index contributed by atoms with van der Waals surface area (Å²) < 4.78 is 101. The molecule has 7 N–H and O–H groups in total. The van der Waals surface area contributed by atoms with E-state index in [1.807, 2.05) is 0 Å². The molecule has 0 aromatic heterocycles. The Kier molecular flexibility index (Phi) is 11.3. The van der Waals surface area contributed by atoms with Gasteiger partial charge in [0.2, 0.25) is 6.04 Å². The van der Waals surface area contributed by atoms with Crippen molar-refractivity contribution >= 4 is 92.6 Å². The molecule has 1 amide bonds. The number of rotatable bonds is 12. The largest absolute Gasteiger partial charge is 0.505 e. The van der Waals surface area contributed by atoms with Gasteiger partial charge in [-0.1, -0.05) is 18.2 Å². The third-order valence-electron chi connectivity index (χ3n) is 7.35. The minimum Gasteiger partial charge on any atom is -0.505 e. The van der Waals surface area contributed by atoms with Crippen LogP contribution in [0.5, 0.6) is 5.75 Å². The first-order valence-corrected chi connectivity index (χ1v) is 19.4. The number of aromatic hydroxyl groups is 1. The summed E-state index contributed by atoms with van der Waals surface area (Å²) in [5.74, 6) is -2.32. The van der Waals surface area contributed by atoms with Crippen LogP contribution in [0.25, 0.3) is 10.8 Å². The SMILES string of the molecule is CC(=O)C(N=Nc1ccc(N=Nc2c(S(=O)(=O)O)cc3cc(S(=O)(=O)O)c(N=Nc4ccc(S(=O)(=O)O)cc4)c(O)c3c2N)cc1)C(=O)Nc1ccccc1. The van der Waals surface area contributed by atoms with E-state index in [1.54, 1.807) is 30.3 Å². The number of phenolic OH excluding ortho intramolecular Hbond substituents is 1. The molecule has 0 aliphatic heterocycles. The van der Waals surface area contributed by atoms with Crippen LogP contribution >= 0.6 is 0 Å². The lowest BCUT2D eigenvalue weighted by atomic mass is 10.1. The molecule has 0 heterocycles. The van der Waals surface area contributed by atoms with E-state index in [9.17, 15) is 49.1 Å². The van der Waals surface area contributed by atoms with Crippen molar-refractivity contribution in [1.29, 1.82) is 0 Å². The van der Waals surface area contributed by atoms with Gasteiger partial charge in [0.1, 0.15) is 21.2 Å². The summed E-state index contributed by atoms with van der Waals surface area (Å²) in [6.07, 6.45) is 0. The number of nitrogens with one attached hydrogen (secondary N) is 1. The lowest BCUT2D eigenvalue weighted by molar-refractivity contribution is -0.126. The number of benzene rings is 5. The molecule has 0 saturated carbocycles. The number of phenols is 1. The molecule has 0 bridgehead atoms. The predicted molar refractivity (Wildman–Crippen MR) is 195 cm³/mol. The average molecular weight is 811 g/mol. The van der Waals surface area contributed by atoms with Crippen LogP contribution in [0.3, 0.4) is 0 Å². The third-order valence-corrected chi connectivity index (χ3v) is 9.95. The van der Waals surface area contributed by atoms with E-state index in [0.717, 1.165) is 24.3 Å². The van der Waals surface area contributed by atoms with Crippen molar-refractivity contribution in [2.24, 2.45) is 30.7 Å². The highest BCUT2D eigenvalue weighted by Gasteiger charge is 2.28. The summed E-state index contributed by atoms with van der Waals surface area (Å²) in [7, 11) is -14.9. The summed E-state index contributed by atoms with van der Waals surface area (Å²) in [5, 5.41) is 35.9. The Hall–Kier alpha value is -6.37. The summed E-state index contributed by atoms with van der Waals surface area (Å²) in [6, 6.07) is 17.8. The Balaban J connectivity index is 1.51. The van der Waals surface area contributed by atoms with Crippen LogP contribution in [-0.4, -0.2) is 61.8 Å². The summed E-state index contributed by atoms with van der Waals surface area (Å²) in [6.45, 7) is 1.17. The zero-order valence-corrected chi connectivity index (χ0v) is 30.2. The van der Waals surface area contributed by atoms with Crippen molar-refractivity contribution < 1.29 is 53.6 Å². The van der Waals surface area contributed by atoms with Crippen molar-refractivity contribution in [3.05, 3.63) is 91.0 Å². The van der Waals surface area contributed by atoms with Crippen LogP contribution in [0.2, 0.25) is 0 Å². The molecule has 5 aromatic carbocycles. The number of anilines is 2. The fraction of sp³-hybridized carbons (Fsp3) is 0.0625. The quantitative estimate of drug-likeness (QED) is 0.0345. The Bertz CT molecular complexity index is 2760. The molecule has 1 unspecified atom stereocenters. The number of para-hydroxylation sites is 1. The van der Waals surface area contributed by atoms with Gasteiger partial charge in [0.25, 0.3) is 36.3 Å². The van der Waals surface area contributed by atoms with Gasteiger partial charge in [-0.15, -0.1) is 10.2 Å². The standard InChI is InChI=1S/C32H26N8O12S3/c1-17(41)28(32(43)34-19-5-3-2-4-6-19)38-35-20-7-9-21(10-8-20)36-39-29-24(54(47,48)49)15-18-16-25(55(50,51)52)30(31(42)26(18)27(29)33)40-37-22-11-13-23(14-12-22)53(44,45)46/h2-16,28,42H,33H2,1H3,(H,34,43)(H,44,45,46)(H,47,48,49)(H,50,51,52). The molecule has 20 nitrogen and oxygen atoms in total. The van der Waals surface area contributed by atoms with Crippen LogP contribution in [0, 0.1) is 0 Å². The average Bonchev–Trinajstić information content (AvgIpc) is 3.10. The highest BCUT2D eigenvalue weighted by Crippen LogP contribution is 2.48. The van der Waals surface area contributed by atoms with E-state index in [0.29, 0.717) is 17.8 Å². The van der Waals surface area contributed by atoms with Crippen molar-refractivity contribution in [3.8, 4) is 5.75 Å². The zero-order chi connectivity index (χ0) is 40.3. The van der Waals surface area contributed by atoms with Crippen molar-refractivity contribution in [2.45, 2.75) is 27.7 Å². The van der Waals surface area contributed by atoms with Gasteiger partial charge in [-0.2, -0.15) is 45.7 Å². The number of amides is 1. The first-order valence-electron chi connectivity index (χ1n) is 15.1.